The molecule has 160 valence electrons. The molecule has 0 spiro atoms. The van der Waals surface area contributed by atoms with Gasteiger partial charge in [0.1, 0.15) is 0 Å². The van der Waals surface area contributed by atoms with E-state index in [-0.39, 0.29) is 22.6 Å². The van der Waals surface area contributed by atoms with Crippen molar-refractivity contribution in [2.45, 2.75) is 73.9 Å². The second kappa shape index (κ2) is 9.57. The van der Waals surface area contributed by atoms with Gasteiger partial charge in [0.15, 0.2) is 0 Å². The Morgan fingerprint density at radius 3 is 1.21 bits per heavy atom. The standard InChI is InChI=1S/C22H24Cl6S/c1-21(2,3)13-7-15(25)19(17(27)11(13)9-23)29-20-16(26)8-14(22(4,5)6)12(10-24)18(20)28/h7-8H,9-10H2,1-6H3. The fourth-order valence-corrected chi connectivity index (χ4v) is 6.31. The van der Waals surface area contributed by atoms with Crippen LogP contribution in [0.3, 0.4) is 0 Å². The van der Waals surface area contributed by atoms with Crippen molar-refractivity contribution in [1.29, 1.82) is 0 Å². The molecular formula is C22H24Cl6S. The average Bonchev–Trinajstić information content (AvgIpc) is 2.58. The molecular weight excluding hydrogens is 509 g/mol. The molecule has 2 aromatic carbocycles. The summed E-state index contributed by atoms with van der Waals surface area (Å²) in [6.45, 7) is 12.6. The first-order chi connectivity index (χ1) is 13.2. The lowest BCUT2D eigenvalue weighted by Crippen LogP contribution is -2.15. The molecule has 2 aromatic rings. The second-order valence-corrected chi connectivity index (χ2v) is 12.1. The van der Waals surface area contributed by atoms with Crippen LogP contribution >= 0.6 is 81.4 Å². The van der Waals surface area contributed by atoms with E-state index in [0.29, 0.717) is 29.9 Å². The molecule has 0 aromatic heterocycles. The van der Waals surface area contributed by atoms with Gasteiger partial charge in [0, 0.05) is 21.6 Å². The Morgan fingerprint density at radius 1 is 0.655 bits per heavy atom. The molecule has 7 heteroatoms. The van der Waals surface area contributed by atoms with Crippen molar-refractivity contribution in [1.82, 2.24) is 0 Å². The summed E-state index contributed by atoms with van der Waals surface area (Å²) in [5.74, 6) is 0.570. The van der Waals surface area contributed by atoms with Crippen molar-refractivity contribution in [2.24, 2.45) is 0 Å². The van der Waals surface area contributed by atoms with Crippen LogP contribution < -0.4 is 0 Å². The highest BCUT2D eigenvalue weighted by atomic mass is 35.5. The number of alkyl halides is 2. The predicted octanol–water partition coefficient (Wildman–Crippen LogP) is 10.5. The van der Waals surface area contributed by atoms with E-state index in [1.165, 1.54) is 11.8 Å². The van der Waals surface area contributed by atoms with E-state index < -0.39 is 0 Å². The lowest BCUT2D eigenvalue weighted by Gasteiger charge is -2.26. The van der Waals surface area contributed by atoms with Crippen LogP contribution in [0.5, 0.6) is 0 Å². The normalized spacial score (nSPS) is 12.6. The highest BCUT2D eigenvalue weighted by Crippen LogP contribution is 2.50. The maximum atomic E-state index is 6.76. The molecule has 0 amide bonds. The van der Waals surface area contributed by atoms with E-state index in [1.807, 2.05) is 12.1 Å². The van der Waals surface area contributed by atoms with Gasteiger partial charge in [0.05, 0.1) is 20.1 Å². The molecule has 0 radical (unpaired) electrons. The van der Waals surface area contributed by atoms with Crippen molar-refractivity contribution in [3.8, 4) is 0 Å². The maximum Gasteiger partial charge on any atom is 0.0607 e. The van der Waals surface area contributed by atoms with Gasteiger partial charge in [0.25, 0.3) is 0 Å². The lowest BCUT2D eigenvalue weighted by molar-refractivity contribution is 0.584. The first kappa shape index (κ1) is 25.8. The molecule has 0 fully saturated rings. The third-order valence-corrected chi connectivity index (χ3v) is 8.31. The molecule has 0 aliphatic heterocycles. The molecule has 0 aliphatic carbocycles. The van der Waals surface area contributed by atoms with Gasteiger partial charge in [-0.1, -0.05) is 99.7 Å². The summed E-state index contributed by atoms with van der Waals surface area (Å²) >= 11 is 40.6. The minimum absolute atomic E-state index is 0.143. The minimum Gasteiger partial charge on any atom is -0.121 e. The largest absolute Gasteiger partial charge is 0.121 e. The van der Waals surface area contributed by atoms with Gasteiger partial charge in [0.2, 0.25) is 0 Å². The van der Waals surface area contributed by atoms with Crippen LogP contribution in [0, 0.1) is 0 Å². The third kappa shape index (κ3) is 5.48. The molecule has 2 rings (SSSR count). The fourth-order valence-electron chi connectivity index (χ4n) is 3.17. The van der Waals surface area contributed by atoms with Crippen LogP contribution in [0.1, 0.15) is 63.8 Å². The van der Waals surface area contributed by atoms with E-state index in [9.17, 15) is 0 Å². The molecule has 0 heterocycles. The zero-order chi connectivity index (χ0) is 22.3. The molecule has 0 nitrogen and oxygen atoms in total. The second-order valence-electron chi connectivity index (χ2n) is 8.92. The van der Waals surface area contributed by atoms with Crippen molar-refractivity contribution in [2.75, 3.05) is 0 Å². The van der Waals surface area contributed by atoms with Gasteiger partial charge in [-0.3, -0.25) is 0 Å². The molecule has 0 unspecified atom stereocenters. The zero-order valence-electron chi connectivity index (χ0n) is 17.2. The monoisotopic (exact) mass is 530 g/mol. The Labute approximate surface area is 208 Å². The van der Waals surface area contributed by atoms with E-state index in [2.05, 4.69) is 41.5 Å². The number of rotatable bonds is 4. The summed E-state index contributed by atoms with van der Waals surface area (Å²) in [7, 11) is 0. The van der Waals surface area contributed by atoms with Gasteiger partial charge < -0.3 is 0 Å². The van der Waals surface area contributed by atoms with Crippen LogP contribution in [0.15, 0.2) is 21.9 Å². The highest BCUT2D eigenvalue weighted by molar-refractivity contribution is 7.99. The van der Waals surface area contributed by atoms with Crippen molar-refractivity contribution in [3.63, 3.8) is 0 Å². The molecule has 0 saturated carbocycles. The van der Waals surface area contributed by atoms with E-state index in [4.69, 9.17) is 69.6 Å². The number of halogens is 6. The molecule has 0 saturated heterocycles. The number of benzene rings is 2. The van der Waals surface area contributed by atoms with Crippen molar-refractivity contribution >= 4 is 81.4 Å². The molecule has 0 bridgehead atoms. The van der Waals surface area contributed by atoms with E-state index in [0.717, 1.165) is 22.3 Å². The minimum atomic E-state index is -0.143. The maximum absolute atomic E-state index is 6.76. The summed E-state index contributed by atoms with van der Waals surface area (Å²) in [4.78, 5) is 1.37. The van der Waals surface area contributed by atoms with Gasteiger partial charge in [-0.25, -0.2) is 0 Å². The SMILES string of the molecule is CC(C)(C)c1cc(Cl)c(Sc2c(Cl)cc(C(C)(C)C)c(CCl)c2Cl)c(Cl)c1CCl. The van der Waals surface area contributed by atoms with Gasteiger partial charge in [-0.15, -0.1) is 23.2 Å². The van der Waals surface area contributed by atoms with Crippen LogP contribution in [0.4, 0.5) is 0 Å². The summed E-state index contributed by atoms with van der Waals surface area (Å²) in [6.07, 6.45) is 0. The first-order valence-electron chi connectivity index (χ1n) is 9.06. The Morgan fingerprint density at radius 2 is 0.966 bits per heavy atom. The Kier molecular flexibility index (Phi) is 8.51. The van der Waals surface area contributed by atoms with Crippen molar-refractivity contribution in [3.05, 3.63) is 54.5 Å². The van der Waals surface area contributed by atoms with E-state index in [1.54, 1.807) is 0 Å². The number of hydrogen-bond acceptors (Lipinski definition) is 1. The summed E-state index contributed by atoms with van der Waals surface area (Å²) in [6, 6.07) is 3.86. The van der Waals surface area contributed by atoms with Gasteiger partial charge >= 0.3 is 0 Å². The Hall–Kier alpha value is 0.530. The first-order valence-corrected chi connectivity index (χ1v) is 12.5. The predicted molar refractivity (Wildman–Crippen MR) is 134 cm³/mol. The lowest BCUT2D eigenvalue weighted by atomic mass is 9.84. The zero-order valence-corrected chi connectivity index (χ0v) is 22.6. The molecule has 0 atom stereocenters. The summed E-state index contributed by atoms with van der Waals surface area (Å²) in [5, 5.41) is 2.14. The quantitative estimate of drug-likeness (QED) is 0.353. The van der Waals surface area contributed by atoms with E-state index >= 15 is 0 Å². The molecule has 29 heavy (non-hydrogen) atoms. The van der Waals surface area contributed by atoms with Crippen LogP contribution in [-0.4, -0.2) is 0 Å². The van der Waals surface area contributed by atoms with Gasteiger partial charge in [-0.05, 0) is 45.2 Å². The van der Waals surface area contributed by atoms with Crippen LogP contribution in [-0.2, 0) is 22.6 Å². The topological polar surface area (TPSA) is 0 Å². The summed E-state index contributed by atoms with van der Waals surface area (Å²) in [5.41, 5.74) is 3.49. The van der Waals surface area contributed by atoms with Crippen LogP contribution in [0.25, 0.3) is 0 Å². The summed E-state index contributed by atoms with van der Waals surface area (Å²) < 4.78 is 0. The third-order valence-electron chi connectivity index (χ3n) is 4.64. The highest BCUT2D eigenvalue weighted by Gasteiger charge is 2.27. The average molecular weight is 533 g/mol. The smallest absolute Gasteiger partial charge is 0.0607 e. The molecule has 0 N–H and O–H groups in total. The van der Waals surface area contributed by atoms with Crippen molar-refractivity contribution < 1.29 is 0 Å². The fraction of sp³-hybridized carbons (Fsp3) is 0.455. The van der Waals surface area contributed by atoms with Crippen LogP contribution in [0.2, 0.25) is 20.1 Å². The Balaban J connectivity index is 2.70. The Bertz CT molecular complexity index is 847. The van der Waals surface area contributed by atoms with Gasteiger partial charge in [-0.2, -0.15) is 0 Å². The molecule has 0 aliphatic rings. The number of hydrogen-bond donors (Lipinski definition) is 0.